The fraction of sp³-hybridized carbons (Fsp3) is 1.00. The van der Waals surface area contributed by atoms with Crippen LogP contribution in [-0.2, 0) is 14.2 Å². The maximum atomic E-state index is 8.66. The zero-order valence-corrected chi connectivity index (χ0v) is 11.6. The fourth-order valence-electron chi connectivity index (χ4n) is 1.42. The van der Waals surface area contributed by atoms with Crippen molar-refractivity contribution in [1.29, 1.82) is 0 Å². The quantitative estimate of drug-likeness (QED) is 0.192. The van der Waals surface area contributed by atoms with Crippen LogP contribution in [0.25, 0.3) is 0 Å². The Morgan fingerprint density at radius 3 is 1.68 bits per heavy atom. The topological polar surface area (TPSA) is 92.8 Å². The molecule has 0 atom stereocenters. The largest absolute Gasteiger partial charge is 0.396 e. The van der Waals surface area contributed by atoms with Crippen molar-refractivity contribution in [2.75, 3.05) is 72.7 Å². The molecule has 0 unspecified atom stereocenters. The minimum atomic E-state index is 0.0297. The maximum Gasteiger partial charge on any atom is 0.181 e. The van der Waals surface area contributed by atoms with E-state index in [9.17, 15) is 0 Å². The fourth-order valence-corrected chi connectivity index (χ4v) is 1.42. The van der Waals surface area contributed by atoms with Gasteiger partial charge in [0.05, 0.1) is 46.2 Å². The third kappa shape index (κ3) is 13.9. The zero-order valence-electron chi connectivity index (χ0n) is 11.6. The number of nitrogens with one attached hydrogen (secondary N) is 1. The Morgan fingerprint density at radius 1 is 0.632 bits per heavy atom. The van der Waals surface area contributed by atoms with E-state index in [0.717, 1.165) is 13.1 Å². The number of hydrogen-bond donors (Lipinski definition) is 4. The maximum absolute atomic E-state index is 8.66. The van der Waals surface area contributed by atoms with Gasteiger partial charge in [0, 0.05) is 6.61 Å². The monoisotopic (exact) mass is 282 g/mol. The highest BCUT2D eigenvalue weighted by Gasteiger charge is 2.08. The van der Waals surface area contributed by atoms with Gasteiger partial charge in [0.2, 0.25) is 0 Å². The lowest BCUT2D eigenvalue weighted by Crippen LogP contribution is -3.13. The van der Waals surface area contributed by atoms with Gasteiger partial charge in [-0.25, -0.2) is 0 Å². The first-order valence-electron chi connectivity index (χ1n) is 6.74. The summed E-state index contributed by atoms with van der Waals surface area (Å²) in [4.78, 5) is 1.17. The van der Waals surface area contributed by atoms with Crippen LogP contribution in [0, 0.1) is 0 Å². The highest BCUT2D eigenvalue weighted by atomic mass is 16.5. The Morgan fingerprint density at radius 2 is 1.21 bits per heavy atom. The van der Waals surface area contributed by atoms with E-state index in [0.29, 0.717) is 46.2 Å². The molecule has 0 aliphatic carbocycles. The van der Waals surface area contributed by atoms with E-state index in [4.69, 9.17) is 29.5 Å². The average molecular weight is 282 g/mol. The third-order valence-electron chi connectivity index (χ3n) is 2.42. The highest BCUT2D eigenvalue weighted by molar-refractivity contribution is 4.33. The van der Waals surface area contributed by atoms with Crippen LogP contribution in [0.3, 0.4) is 0 Å². The summed E-state index contributed by atoms with van der Waals surface area (Å²) in [5, 5.41) is 25.9. The minimum Gasteiger partial charge on any atom is -0.396 e. The molecule has 0 saturated heterocycles. The molecule has 0 spiro atoms. The first-order valence-corrected chi connectivity index (χ1v) is 6.74. The molecule has 0 radical (unpaired) electrons. The standard InChI is InChI=1S/C12H27NO6/c14-4-1-7-19-12-13(2-8-17-10-5-15)3-9-18-11-6-16/h14-16H,1-12H2/p+1. The average Bonchev–Trinajstić information content (AvgIpc) is 2.43. The number of aliphatic hydroxyl groups is 3. The van der Waals surface area contributed by atoms with Gasteiger partial charge in [0.25, 0.3) is 0 Å². The van der Waals surface area contributed by atoms with Gasteiger partial charge >= 0.3 is 0 Å². The second-order valence-corrected chi connectivity index (χ2v) is 4.05. The Balaban J connectivity index is 3.66. The Bertz CT molecular complexity index is 144. The van der Waals surface area contributed by atoms with E-state index < -0.39 is 0 Å². The van der Waals surface area contributed by atoms with Crippen LogP contribution in [0.4, 0.5) is 0 Å². The second kappa shape index (κ2) is 15.8. The lowest BCUT2D eigenvalue weighted by Gasteiger charge is -2.19. The van der Waals surface area contributed by atoms with Crippen molar-refractivity contribution in [2.45, 2.75) is 6.42 Å². The summed E-state index contributed by atoms with van der Waals surface area (Å²) in [5.74, 6) is 0. The lowest BCUT2D eigenvalue weighted by molar-refractivity contribution is -0.920. The Kier molecular flexibility index (Phi) is 15.5. The van der Waals surface area contributed by atoms with E-state index >= 15 is 0 Å². The summed E-state index contributed by atoms with van der Waals surface area (Å²) in [6, 6.07) is 0. The van der Waals surface area contributed by atoms with Crippen LogP contribution < -0.4 is 4.90 Å². The van der Waals surface area contributed by atoms with Crippen LogP contribution >= 0.6 is 0 Å². The predicted molar refractivity (Wildman–Crippen MR) is 69.0 cm³/mol. The van der Waals surface area contributed by atoms with Crippen molar-refractivity contribution in [3.63, 3.8) is 0 Å². The second-order valence-electron chi connectivity index (χ2n) is 4.05. The minimum absolute atomic E-state index is 0.0297. The number of aliphatic hydroxyl groups excluding tert-OH is 3. The number of rotatable bonds is 15. The normalized spacial score (nSPS) is 11.4. The molecule has 7 heteroatoms. The van der Waals surface area contributed by atoms with Crippen molar-refractivity contribution < 1.29 is 34.4 Å². The van der Waals surface area contributed by atoms with Gasteiger partial charge in [-0.3, -0.25) is 0 Å². The summed E-state index contributed by atoms with van der Waals surface area (Å²) in [6.45, 7) is 4.60. The van der Waals surface area contributed by atoms with Crippen molar-refractivity contribution in [3.05, 3.63) is 0 Å². The molecule has 116 valence electrons. The molecule has 0 saturated carbocycles. The molecule has 0 aliphatic rings. The third-order valence-corrected chi connectivity index (χ3v) is 2.42. The molecule has 19 heavy (non-hydrogen) atoms. The molecule has 0 heterocycles. The van der Waals surface area contributed by atoms with Crippen LogP contribution in [0.2, 0.25) is 0 Å². The number of quaternary nitrogens is 1. The SMILES string of the molecule is OCCCOC[NH+](CCOCCO)CCOCCO. The molecule has 4 N–H and O–H groups in total. The van der Waals surface area contributed by atoms with Crippen LogP contribution in [-0.4, -0.2) is 88.0 Å². The van der Waals surface area contributed by atoms with Crippen molar-refractivity contribution >= 4 is 0 Å². The lowest BCUT2D eigenvalue weighted by atomic mass is 10.5. The van der Waals surface area contributed by atoms with Crippen molar-refractivity contribution in [1.82, 2.24) is 0 Å². The molecule has 0 amide bonds. The van der Waals surface area contributed by atoms with Gasteiger partial charge < -0.3 is 34.4 Å². The molecule has 0 rings (SSSR count). The zero-order chi connectivity index (χ0) is 14.2. The van der Waals surface area contributed by atoms with Crippen LogP contribution in [0.1, 0.15) is 6.42 Å². The predicted octanol–water partition coefficient (Wildman–Crippen LogP) is -2.75. The van der Waals surface area contributed by atoms with Crippen LogP contribution in [0.5, 0.6) is 0 Å². The van der Waals surface area contributed by atoms with E-state index in [1.165, 1.54) is 4.90 Å². The van der Waals surface area contributed by atoms with E-state index in [2.05, 4.69) is 0 Å². The summed E-state index contributed by atoms with van der Waals surface area (Å²) in [5.41, 5.74) is 0. The first kappa shape index (κ1) is 18.7. The highest BCUT2D eigenvalue weighted by Crippen LogP contribution is 1.77. The van der Waals surface area contributed by atoms with E-state index in [1.54, 1.807) is 0 Å². The molecule has 7 nitrogen and oxygen atoms in total. The molecule has 0 bridgehead atoms. The summed E-state index contributed by atoms with van der Waals surface area (Å²) in [7, 11) is 0. The molecule has 0 aromatic carbocycles. The van der Waals surface area contributed by atoms with Gasteiger partial charge in [-0.2, -0.15) is 0 Å². The Hall–Kier alpha value is -0.280. The van der Waals surface area contributed by atoms with E-state index in [1.807, 2.05) is 0 Å². The number of hydrogen-bond acceptors (Lipinski definition) is 6. The molecular weight excluding hydrogens is 254 g/mol. The van der Waals surface area contributed by atoms with E-state index in [-0.39, 0.29) is 19.8 Å². The van der Waals surface area contributed by atoms with Gasteiger partial charge in [-0.15, -0.1) is 0 Å². The molecule has 0 aromatic rings. The Labute approximate surface area is 114 Å². The summed E-state index contributed by atoms with van der Waals surface area (Å²) < 4.78 is 15.9. The smallest absolute Gasteiger partial charge is 0.181 e. The molecular formula is C12H28NO6+. The van der Waals surface area contributed by atoms with Gasteiger partial charge in [0.15, 0.2) is 6.73 Å². The first-order chi connectivity index (χ1) is 9.35. The summed E-state index contributed by atoms with van der Waals surface area (Å²) >= 11 is 0. The number of ether oxygens (including phenoxy) is 3. The summed E-state index contributed by atoms with van der Waals surface area (Å²) in [6.07, 6.45) is 0.634. The van der Waals surface area contributed by atoms with Gasteiger partial charge in [-0.05, 0) is 6.42 Å². The van der Waals surface area contributed by atoms with Gasteiger partial charge in [-0.1, -0.05) is 0 Å². The van der Waals surface area contributed by atoms with Crippen LogP contribution in [0.15, 0.2) is 0 Å². The molecule has 0 fully saturated rings. The van der Waals surface area contributed by atoms with Crippen molar-refractivity contribution in [2.24, 2.45) is 0 Å². The van der Waals surface area contributed by atoms with Gasteiger partial charge in [0.1, 0.15) is 13.1 Å². The molecule has 0 aliphatic heterocycles. The molecule has 0 aromatic heterocycles. The van der Waals surface area contributed by atoms with Crippen molar-refractivity contribution in [3.8, 4) is 0 Å².